The molecule has 6 heteroatoms. The highest BCUT2D eigenvalue weighted by Gasteiger charge is 2.44. The summed E-state index contributed by atoms with van der Waals surface area (Å²) in [6.45, 7) is 2.28. The van der Waals surface area contributed by atoms with Gasteiger partial charge in [0.15, 0.2) is 0 Å². The van der Waals surface area contributed by atoms with Crippen LogP contribution in [0.2, 0.25) is 0 Å². The molecule has 1 nitrogen and oxygen atoms in total. The summed E-state index contributed by atoms with van der Waals surface area (Å²) in [5.74, 6) is -2.41. The third-order valence-electron chi connectivity index (χ3n) is 7.56. The fourth-order valence-electron chi connectivity index (χ4n) is 5.25. The maximum absolute atomic E-state index is 14.9. The molecule has 0 aromatic heterocycles. The van der Waals surface area contributed by atoms with Gasteiger partial charge in [-0.2, -0.15) is 8.78 Å². The largest absolute Gasteiger partial charge is 0.432 e. The summed E-state index contributed by atoms with van der Waals surface area (Å²) in [5.41, 5.74) is 0.00842. The number of alkyl halides is 2. The average Bonchev–Trinajstić information content (AvgIpc) is 2.83. The zero-order valence-electron chi connectivity index (χ0n) is 20.5. The fraction of sp³-hybridized carbons (Fsp3) is 0.467. The molecule has 0 saturated heterocycles. The van der Waals surface area contributed by atoms with Crippen LogP contribution in [0.15, 0.2) is 48.6 Å². The molecule has 2 aromatic carbocycles. The molecule has 2 aliphatic rings. The van der Waals surface area contributed by atoms with Crippen molar-refractivity contribution < 1.29 is 26.7 Å². The minimum Gasteiger partial charge on any atom is -0.432 e. The fourth-order valence-corrected chi connectivity index (χ4v) is 5.25. The van der Waals surface area contributed by atoms with Gasteiger partial charge in [-0.15, -0.1) is 0 Å². The van der Waals surface area contributed by atoms with Gasteiger partial charge in [0.05, 0.1) is 5.92 Å². The lowest BCUT2D eigenvalue weighted by Crippen LogP contribution is -2.37. The minimum atomic E-state index is -3.52. The molecule has 0 heterocycles. The first-order valence-electron chi connectivity index (χ1n) is 12.9. The Kier molecular flexibility index (Phi) is 8.53. The Morgan fingerprint density at radius 3 is 1.94 bits per heavy atom. The van der Waals surface area contributed by atoms with Gasteiger partial charge in [-0.1, -0.05) is 50.1 Å². The van der Waals surface area contributed by atoms with Gasteiger partial charge in [0.25, 0.3) is 0 Å². The van der Waals surface area contributed by atoms with E-state index in [4.69, 9.17) is 4.74 Å². The predicted molar refractivity (Wildman–Crippen MR) is 133 cm³/mol. The molecular formula is C30H33F5O. The second-order valence-corrected chi connectivity index (χ2v) is 10.4. The van der Waals surface area contributed by atoms with Crippen LogP contribution in [0.25, 0.3) is 12.2 Å². The lowest BCUT2D eigenvalue weighted by molar-refractivity contribution is -0.223. The van der Waals surface area contributed by atoms with E-state index in [0.717, 1.165) is 24.1 Å². The maximum atomic E-state index is 14.9. The van der Waals surface area contributed by atoms with E-state index in [0.29, 0.717) is 37.2 Å². The monoisotopic (exact) mass is 504 g/mol. The van der Waals surface area contributed by atoms with Crippen LogP contribution in [0, 0.1) is 41.1 Å². The van der Waals surface area contributed by atoms with Crippen LogP contribution in [0.1, 0.15) is 69.4 Å². The van der Waals surface area contributed by atoms with Gasteiger partial charge in [0.1, 0.15) is 23.2 Å². The Morgan fingerprint density at radius 1 is 0.778 bits per heavy atom. The Morgan fingerprint density at radius 2 is 1.36 bits per heavy atom. The second-order valence-electron chi connectivity index (χ2n) is 10.4. The van der Waals surface area contributed by atoms with Crippen LogP contribution in [0.5, 0.6) is 5.75 Å². The number of ether oxygens (including phenoxy) is 1. The molecule has 0 radical (unpaired) electrons. The van der Waals surface area contributed by atoms with Crippen LogP contribution < -0.4 is 4.74 Å². The summed E-state index contributed by atoms with van der Waals surface area (Å²) in [6, 6.07) is 7.05. The van der Waals surface area contributed by atoms with Crippen LogP contribution in [0.3, 0.4) is 0 Å². The molecule has 2 aliphatic carbocycles. The number of allylic oxidation sites excluding steroid dienone is 2. The number of halogens is 5. The average molecular weight is 505 g/mol. The maximum Gasteiger partial charge on any atom is 0.400 e. The van der Waals surface area contributed by atoms with Crippen molar-refractivity contribution in [2.45, 2.75) is 64.4 Å². The van der Waals surface area contributed by atoms with E-state index in [1.54, 1.807) is 6.07 Å². The smallest absolute Gasteiger partial charge is 0.400 e. The van der Waals surface area contributed by atoms with Crippen molar-refractivity contribution >= 4 is 12.2 Å². The van der Waals surface area contributed by atoms with E-state index >= 15 is 0 Å². The third kappa shape index (κ3) is 6.98. The first-order valence-corrected chi connectivity index (χ1v) is 12.9. The highest BCUT2D eigenvalue weighted by atomic mass is 19.3. The van der Waals surface area contributed by atoms with Gasteiger partial charge >= 0.3 is 6.11 Å². The van der Waals surface area contributed by atoms with Crippen LogP contribution >= 0.6 is 0 Å². The molecule has 2 fully saturated rings. The molecule has 0 atom stereocenters. The number of rotatable bonds is 7. The zero-order chi connectivity index (χ0) is 25.7. The topological polar surface area (TPSA) is 9.23 Å². The van der Waals surface area contributed by atoms with E-state index < -0.39 is 40.8 Å². The molecule has 2 aromatic rings. The Bertz CT molecular complexity index is 1050. The first-order chi connectivity index (χ1) is 17.2. The summed E-state index contributed by atoms with van der Waals surface area (Å²) < 4.78 is 76.9. The van der Waals surface area contributed by atoms with Crippen LogP contribution in [0.4, 0.5) is 22.0 Å². The number of hydrogen-bond acceptors (Lipinski definition) is 1. The number of hydrogen-bond donors (Lipinski definition) is 0. The van der Waals surface area contributed by atoms with E-state index in [1.807, 2.05) is 0 Å². The Balaban J connectivity index is 1.33. The standard InChI is InChI=1S/C30H33F5O/c1-20-5-7-21(8-6-20)9-10-22-11-14-24(15-12-22)30(34,35)36-26-18-28(32)27(29(33)19-26)16-13-23-3-2-4-25(31)17-23/h2-4,9-10,13,16-22,24H,5-8,11-12,14-15H2,1H3/b10-9+,16-13+. The molecule has 0 N–H and O–H groups in total. The first kappa shape index (κ1) is 26.4. The SMILES string of the molecule is CC1CCC(/C=C/C2CCC(C(F)(F)Oc3cc(F)c(/C=C/c4cccc(F)c4)c(F)c3)CC2)CC1. The minimum absolute atomic E-state index is 0.287. The zero-order valence-corrected chi connectivity index (χ0v) is 20.5. The van der Waals surface area contributed by atoms with Crippen molar-refractivity contribution in [1.82, 2.24) is 0 Å². The van der Waals surface area contributed by atoms with Crippen molar-refractivity contribution in [1.29, 1.82) is 0 Å². The molecule has 4 rings (SSSR count). The highest BCUT2D eigenvalue weighted by Crippen LogP contribution is 2.41. The second kappa shape index (κ2) is 11.6. The van der Waals surface area contributed by atoms with Crippen LogP contribution in [-0.2, 0) is 0 Å². The highest BCUT2D eigenvalue weighted by molar-refractivity contribution is 5.70. The lowest BCUT2D eigenvalue weighted by Gasteiger charge is -2.32. The summed E-state index contributed by atoms with van der Waals surface area (Å²) in [6.07, 6.45) is 10.2. The summed E-state index contributed by atoms with van der Waals surface area (Å²) in [7, 11) is 0. The Hall–Kier alpha value is -2.63. The summed E-state index contributed by atoms with van der Waals surface area (Å²) >= 11 is 0. The summed E-state index contributed by atoms with van der Waals surface area (Å²) in [5, 5.41) is 0. The molecule has 2 saturated carbocycles. The normalized spacial score (nSPS) is 25.5. The predicted octanol–water partition coefficient (Wildman–Crippen LogP) is 9.43. The van der Waals surface area contributed by atoms with Gasteiger partial charge in [-0.05, 0) is 80.1 Å². The van der Waals surface area contributed by atoms with Gasteiger partial charge in [-0.3, -0.25) is 0 Å². The molecule has 194 valence electrons. The molecule has 0 unspecified atom stereocenters. The van der Waals surface area contributed by atoms with E-state index in [-0.39, 0.29) is 5.92 Å². The Labute approximate surface area is 210 Å². The summed E-state index contributed by atoms with van der Waals surface area (Å²) in [4.78, 5) is 0. The molecular weight excluding hydrogens is 471 g/mol. The van der Waals surface area contributed by atoms with E-state index in [9.17, 15) is 22.0 Å². The van der Waals surface area contributed by atoms with Crippen molar-refractivity contribution in [3.63, 3.8) is 0 Å². The lowest BCUT2D eigenvalue weighted by atomic mass is 9.79. The van der Waals surface area contributed by atoms with Gasteiger partial charge in [0, 0.05) is 17.7 Å². The van der Waals surface area contributed by atoms with E-state index in [1.165, 1.54) is 50.0 Å². The van der Waals surface area contributed by atoms with Gasteiger partial charge in [-0.25, -0.2) is 13.2 Å². The quantitative estimate of drug-likeness (QED) is 0.207. The third-order valence-corrected chi connectivity index (χ3v) is 7.56. The van der Waals surface area contributed by atoms with Crippen molar-refractivity contribution in [3.8, 4) is 5.75 Å². The van der Waals surface area contributed by atoms with Gasteiger partial charge in [0.2, 0.25) is 0 Å². The van der Waals surface area contributed by atoms with E-state index in [2.05, 4.69) is 19.1 Å². The van der Waals surface area contributed by atoms with Crippen molar-refractivity contribution in [2.24, 2.45) is 23.7 Å². The molecule has 0 amide bonds. The van der Waals surface area contributed by atoms with Crippen molar-refractivity contribution in [2.75, 3.05) is 0 Å². The number of benzene rings is 2. The van der Waals surface area contributed by atoms with Crippen LogP contribution in [-0.4, -0.2) is 6.11 Å². The van der Waals surface area contributed by atoms with Crippen molar-refractivity contribution in [3.05, 3.63) is 77.1 Å². The molecule has 0 aliphatic heterocycles. The molecule has 0 spiro atoms. The molecule has 36 heavy (non-hydrogen) atoms. The molecule has 0 bridgehead atoms. The van der Waals surface area contributed by atoms with Gasteiger partial charge < -0.3 is 4.74 Å².